The minimum absolute atomic E-state index is 0.223. The molecule has 0 rings (SSSR count). The van der Waals surface area contributed by atoms with Gasteiger partial charge in [-0.1, -0.05) is 90.4 Å². The van der Waals surface area contributed by atoms with Gasteiger partial charge in [-0.15, -0.1) is 0 Å². The van der Waals surface area contributed by atoms with E-state index >= 15 is 0 Å². The van der Waals surface area contributed by atoms with Crippen molar-refractivity contribution in [1.82, 2.24) is 10.9 Å². The molecule has 162 valence electrons. The van der Waals surface area contributed by atoms with Gasteiger partial charge in [0.15, 0.2) is 0 Å². The van der Waals surface area contributed by atoms with E-state index in [-0.39, 0.29) is 5.91 Å². The monoisotopic (exact) mass is 396 g/mol. The van der Waals surface area contributed by atoms with Gasteiger partial charge in [0, 0.05) is 18.6 Å². The maximum absolute atomic E-state index is 11.6. The fourth-order valence-corrected chi connectivity index (χ4v) is 2.93. The third-order valence-corrected chi connectivity index (χ3v) is 4.65. The molecule has 0 aliphatic carbocycles. The largest absolute Gasteiger partial charge is 0.466 e. The van der Waals surface area contributed by atoms with E-state index in [4.69, 9.17) is 0 Å². The highest BCUT2D eigenvalue weighted by molar-refractivity contribution is 5.95. The average molecular weight is 397 g/mol. The van der Waals surface area contributed by atoms with Crippen molar-refractivity contribution < 1.29 is 19.1 Å². The van der Waals surface area contributed by atoms with Gasteiger partial charge in [0.2, 0.25) is 5.91 Å². The summed E-state index contributed by atoms with van der Waals surface area (Å²) in [4.78, 5) is 33.8. The van der Waals surface area contributed by atoms with E-state index in [2.05, 4.69) is 22.5 Å². The zero-order valence-electron chi connectivity index (χ0n) is 17.9. The Bertz CT molecular complexity index is 450. The van der Waals surface area contributed by atoms with Crippen LogP contribution in [0.4, 0.5) is 0 Å². The Morgan fingerprint density at radius 3 is 1.61 bits per heavy atom. The van der Waals surface area contributed by atoms with Gasteiger partial charge in [0.05, 0.1) is 7.11 Å². The third kappa shape index (κ3) is 18.9. The van der Waals surface area contributed by atoms with Crippen LogP contribution in [0, 0.1) is 0 Å². The number of hydrogen-bond acceptors (Lipinski definition) is 4. The molecule has 0 aromatic heterocycles. The van der Waals surface area contributed by atoms with Gasteiger partial charge in [0.25, 0.3) is 5.91 Å². The average Bonchev–Trinajstić information content (AvgIpc) is 2.70. The first kappa shape index (κ1) is 26.1. The number of amides is 2. The number of hydrogen-bond donors (Lipinski definition) is 2. The second-order valence-corrected chi connectivity index (χ2v) is 7.24. The Morgan fingerprint density at radius 2 is 1.14 bits per heavy atom. The SMILES string of the molecule is CCCCCCCCCCCCCCCCC(=O)NNC(=O)/C=C\C(=O)OC. The van der Waals surface area contributed by atoms with Crippen LogP contribution < -0.4 is 10.9 Å². The summed E-state index contributed by atoms with van der Waals surface area (Å²) in [5.74, 6) is -1.41. The Morgan fingerprint density at radius 1 is 0.679 bits per heavy atom. The Labute approximate surface area is 170 Å². The summed E-state index contributed by atoms with van der Waals surface area (Å²) in [6.45, 7) is 2.25. The molecule has 0 saturated heterocycles. The Balaban J connectivity index is 3.35. The number of carbonyl (C=O) groups is 3. The normalized spacial score (nSPS) is 10.8. The van der Waals surface area contributed by atoms with Crippen molar-refractivity contribution >= 4 is 17.8 Å². The van der Waals surface area contributed by atoms with Crippen LogP contribution in [0.15, 0.2) is 12.2 Å². The maximum Gasteiger partial charge on any atom is 0.330 e. The van der Waals surface area contributed by atoms with Crippen LogP contribution in [-0.4, -0.2) is 24.9 Å². The predicted octanol–water partition coefficient (Wildman–Crippen LogP) is 4.73. The van der Waals surface area contributed by atoms with Gasteiger partial charge in [-0.05, 0) is 6.42 Å². The Hall–Kier alpha value is -1.85. The molecule has 2 N–H and O–H groups in total. The van der Waals surface area contributed by atoms with Crippen LogP contribution in [0.3, 0.4) is 0 Å². The van der Waals surface area contributed by atoms with E-state index < -0.39 is 11.9 Å². The molecule has 0 radical (unpaired) electrons. The van der Waals surface area contributed by atoms with E-state index in [1.165, 1.54) is 77.7 Å². The van der Waals surface area contributed by atoms with Crippen LogP contribution in [0.2, 0.25) is 0 Å². The molecule has 0 aromatic carbocycles. The molecule has 0 aromatic rings. The molecule has 0 aliphatic heterocycles. The predicted molar refractivity (Wildman–Crippen MR) is 112 cm³/mol. The summed E-state index contributed by atoms with van der Waals surface area (Å²) in [6, 6.07) is 0. The van der Waals surface area contributed by atoms with E-state index in [9.17, 15) is 14.4 Å². The molecule has 6 heteroatoms. The fourth-order valence-electron chi connectivity index (χ4n) is 2.93. The summed E-state index contributed by atoms with van der Waals surface area (Å²) in [5, 5.41) is 0. The van der Waals surface area contributed by atoms with E-state index in [1.807, 2.05) is 0 Å². The minimum Gasteiger partial charge on any atom is -0.466 e. The molecule has 2 amide bonds. The van der Waals surface area contributed by atoms with E-state index in [0.29, 0.717) is 6.42 Å². The number of nitrogens with one attached hydrogen (secondary N) is 2. The summed E-state index contributed by atoms with van der Waals surface area (Å²) in [6.07, 6.45) is 20.2. The number of rotatable bonds is 17. The van der Waals surface area contributed by atoms with Crippen molar-refractivity contribution in [2.75, 3.05) is 7.11 Å². The molecule has 0 unspecified atom stereocenters. The number of esters is 1. The molecular formula is C22H40N2O4. The lowest BCUT2D eigenvalue weighted by molar-refractivity contribution is -0.135. The highest BCUT2D eigenvalue weighted by Crippen LogP contribution is 2.13. The zero-order valence-corrected chi connectivity index (χ0v) is 17.9. The van der Waals surface area contributed by atoms with Crippen molar-refractivity contribution in [3.8, 4) is 0 Å². The van der Waals surface area contributed by atoms with Crippen LogP contribution in [0.25, 0.3) is 0 Å². The van der Waals surface area contributed by atoms with Gasteiger partial charge < -0.3 is 4.74 Å². The molecule has 0 atom stereocenters. The molecule has 0 aliphatic rings. The smallest absolute Gasteiger partial charge is 0.330 e. The fraction of sp³-hybridized carbons (Fsp3) is 0.773. The molecular weight excluding hydrogens is 356 g/mol. The van der Waals surface area contributed by atoms with Crippen molar-refractivity contribution in [3.63, 3.8) is 0 Å². The third-order valence-electron chi connectivity index (χ3n) is 4.65. The summed E-state index contributed by atoms with van der Waals surface area (Å²) < 4.78 is 4.37. The minimum atomic E-state index is -0.621. The molecule has 0 fully saturated rings. The van der Waals surface area contributed by atoms with Crippen LogP contribution in [0.1, 0.15) is 103 Å². The molecule has 0 spiro atoms. The second kappa shape index (κ2) is 19.9. The van der Waals surface area contributed by atoms with Gasteiger partial charge in [-0.25, -0.2) is 4.79 Å². The van der Waals surface area contributed by atoms with Gasteiger partial charge in [-0.3, -0.25) is 20.4 Å². The lowest BCUT2D eigenvalue weighted by Gasteiger charge is -2.05. The molecule has 28 heavy (non-hydrogen) atoms. The Kier molecular flexibility index (Phi) is 18.6. The molecule has 6 nitrogen and oxygen atoms in total. The van der Waals surface area contributed by atoms with Gasteiger partial charge in [0.1, 0.15) is 0 Å². The molecule has 0 saturated carbocycles. The number of carbonyl (C=O) groups excluding carboxylic acids is 3. The van der Waals surface area contributed by atoms with Crippen LogP contribution in [-0.2, 0) is 19.1 Å². The van der Waals surface area contributed by atoms with Crippen LogP contribution >= 0.6 is 0 Å². The lowest BCUT2D eigenvalue weighted by atomic mass is 10.0. The van der Waals surface area contributed by atoms with Crippen molar-refractivity contribution in [2.45, 2.75) is 103 Å². The van der Waals surface area contributed by atoms with Gasteiger partial charge >= 0.3 is 5.97 Å². The standard InChI is InChI=1S/C22H40N2O4/c1-3-4-5-6-7-8-9-10-11-12-13-14-15-16-17-20(25)23-24-21(26)18-19-22(27)28-2/h18-19H,3-17H2,1-2H3,(H,23,25)(H,24,26)/b19-18-. The maximum atomic E-state index is 11.6. The van der Waals surface area contributed by atoms with Crippen molar-refractivity contribution in [2.24, 2.45) is 0 Å². The van der Waals surface area contributed by atoms with Gasteiger partial charge in [-0.2, -0.15) is 0 Å². The lowest BCUT2D eigenvalue weighted by Crippen LogP contribution is -2.40. The number of methoxy groups -OCH3 is 1. The highest BCUT2D eigenvalue weighted by atomic mass is 16.5. The second-order valence-electron chi connectivity index (χ2n) is 7.24. The summed E-state index contributed by atoms with van der Waals surface area (Å²) in [7, 11) is 1.23. The number of unbranched alkanes of at least 4 members (excludes halogenated alkanes) is 13. The number of hydrazine groups is 1. The number of ether oxygens (including phenoxy) is 1. The quantitative estimate of drug-likeness (QED) is 0.161. The first-order valence-electron chi connectivity index (χ1n) is 10.9. The molecule has 0 bridgehead atoms. The highest BCUT2D eigenvalue weighted by Gasteiger charge is 2.03. The van der Waals surface area contributed by atoms with Crippen molar-refractivity contribution in [3.05, 3.63) is 12.2 Å². The summed E-state index contributed by atoms with van der Waals surface area (Å²) in [5.41, 5.74) is 4.56. The van der Waals surface area contributed by atoms with Crippen molar-refractivity contribution in [1.29, 1.82) is 0 Å². The van der Waals surface area contributed by atoms with E-state index in [1.54, 1.807) is 0 Å². The zero-order chi connectivity index (χ0) is 20.9. The van der Waals surface area contributed by atoms with E-state index in [0.717, 1.165) is 31.4 Å². The topological polar surface area (TPSA) is 84.5 Å². The van der Waals surface area contributed by atoms with Crippen LogP contribution in [0.5, 0.6) is 0 Å². The molecule has 0 heterocycles. The first-order chi connectivity index (χ1) is 13.6. The summed E-state index contributed by atoms with van der Waals surface area (Å²) >= 11 is 0. The first-order valence-corrected chi connectivity index (χ1v) is 10.9.